The lowest BCUT2D eigenvalue weighted by atomic mass is 10.0. The van der Waals surface area contributed by atoms with E-state index in [2.05, 4.69) is 6.07 Å². The van der Waals surface area contributed by atoms with E-state index in [0.29, 0.717) is 12.2 Å². The molecular weight excluding hydrogens is 298 g/mol. The van der Waals surface area contributed by atoms with Crippen LogP contribution in [0.2, 0.25) is 0 Å². The van der Waals surface area contributed by atoms with Crippen LogP contribution in [0.1, 0.15) is 21.5 Å². The van der Waals surface area contributed by atoms with E-state index in [0.717, 1.165) is 28.0 Å². The zero-order valence-electron chi connectivity index (χ0n) is 13.5. The summed E-state index contributed by atoms with van der Waals surface area (Å²) in [5.74, 6) is 0.378. The largest absolute Gasteiger partial charge is 0.489 e. The number of ether oxygens (including phenoxy) is 1. The zero-order chi connectivity index (χ0) is 16.9. The van der Waals surface area contributed by atoms with E-state index in [9.17, 15) is 4.79 Å². The molecule has 0 atom stereocenters. The summed E-state index contributed by atoms with van der Waals surface area (Å²) in [6.45, 7) is 2.54. The fourth-order valence-corrected chi connectivity index (χ4v) is 2.59. The van der Waals surface area contributed by atoms with Crippen molar-refractivity contribution in [3.05, 3.63) is 89.5 Å². The number of hydrogen-bond acceptors (Lipinski definition) is 2. The van der Waals surface area contributed by atoms with E-state index in [-0.39, 0.29) is 0 Å². The lowest BCUT2D eigenvalue weighted by Gasteiger charge is -2.11. The van der Waals surface area contributed by atoms with Gasteiger partial charge in [0.25, 0.3) is 0 Å². The Morgan fingerprint density at radius 2 is 1.71 bits per heavy atom. The van der Waals surface area contributed by atoms with Gasteiger partial charge in [0.1, 0.15) is 12.4 Å². The van der Waals surface area contributed by atoms with E-state index < -0.39 is 5.91 Å². The molecule has 0 spiro atoms. The molecule has 24 heavy (non-hydrogen) atoms. The topological polar surface area (TPSA) is 52.3 Å². The fraction of sp³-hybridized carbons (Fsp3) is 0.0952. The predicted octanol–water partition coefficient (Wildman–Crippen LogP) is 4.34. The first-order valence-electron chi connectivity index (χ1n) is 7.80. The first kappa shape index (κ1) is 15.8. The summed E-state index contributed by atoms with van der Waals surface area (Å²) >= 11 is 0. The quantitative estimate of drug-likeness (QED) is 0.761. The second-order valence-corrected chi connectivity index (χ2v) is 5.75. The van der Waals surface area contributed by atoms with Crippen molar-refractivity contribution in [2.45, 2.75) is 13.5 Å². The van der Waals surface area contributed by atoms with Gasteiger partial charge in [-0.25, -0.2) is 0 Å². The van der Waals surface area contributed by atoms with Crippen LogP contribution in [0.15, 0.2) is 72.8 Å². The first-order chi connectivity index (χ1) is 11.6. The molecule has 0 aliphatic heterocycles. The number of carbonyl (C=O) groups excluding carboxylic acids is 1. The van der Waals surface area contributed by atoms with Crippen LogP contribution in [0.3, 0.4) is 0 Å². The van der Waals surface area contributed by atoms with Crippen molar-refractivity contribution in [3.8, 4) is 16.9 Å². The molecule has 3 rings (SSSR count). The van der Waals surface area contributed by atoms with Gasteiger partial charge in [0.15, 0.2) is 0 Å². The number of nitrogens with two attached hydrogens (primary N) is 1. The average molecular weight is 317 g/mol. The van der Waals surface area contributed by atoms with Crippen LogP contribution < -0.4 is 10.5 Å². The van der Waals surface area contributed by atoms with Gasteiger partial charge in [-0.2, -0.15) is 0 Å². The van der Waals surface area contributed by atoms with E-state index in [1.807, 2.05) is 61.5 Å². The maximum Gasteiger partial charge on any atom is 0.248 e. The molecule has 0 saturated heterocycles. The molecule has 0 unspecified atom stereocenters. The molecule has 0 radical (unpaired) electrons. The Morgan fingerprint density at radius 1 is 0.917 bits per heavy atom. The highest BCUT2D eigenvalue weighted by Crippen LogP contribution is 2.27. The third-order valence-corrected chi connectivity index (χ3v) is 3.78. The highest BCUT2D eigenvalue weighted by molar-refractivity contribution is 5.94. The van der Waals surface area contributed by atoms with Crippen LogP contribution in [-0.4, -0.2) is 5.91 Å². The van der Waals surface area contributed by atoms with Gasteiger partial charge in [0.2, 0.25) is 5.91 Å². The smallest absolute Gasteiger partial charge is 0.248 e. The van der Waals surface area contributed by atoms with E-state index in [1.165, 1.54) is 0 Å². The Kier molecular flexibility index (Phi) is 4.62. The molecule has 2 N–H and O–H groups in total. The van der Waals surface area contributed by atoms with Gasteiger partial charge in [-0.3, -0.25) is 4.79 Å². The van der Waals surface area contributed by atoms with Crippen LogP contribution in [0.5, 0.6) is 5.75 Å². The van der Waals surface area contributed by atoms with Crippen molar-refractivity contribution < 1.29 is 9.53 Å². The maximum absolute atomic E-state index is 11.4. The van der Waals surface area contributed by atoms with Crippen LogP contribution in [0.4, 0.5) is 0 Å². The molecule has 0 heterocycles. The van der Waals surface area contributed by atoms with Crippen molar-refractivity contribution in [1.29, 1.82) is 0 Å². The second-order valence-electron chi connectivity index (χ2n) is 5.75. The zero-order valence-corrected chi connectivity index (χ0v) is 13.5. The lowest BCUT2D eigenvalue weighted by molar-refractivity contribution is 0.100. The number of carbonyl (C=O) groups is 1. The summed E-state index contributed by atoms with van der Waals surface area (Å²) in [6, 6.07) is 23.4. The molecular formula is C21H19NO2. The number of rotatable bonds is 5. The maximum atomic E-state index is 11.4. The number of primary amides is 1. The van der Waals surface area contributed by atoms with E-state index in [4.69, 9.17) is 10.5 Å². The van der Waals surface area contributed by atoms with Gasteiger partial charge in [0, 0.05) is 5.56 Å². The van der Waals surface area contributed by atoms with Crippen LogP contribution in [-0.2, 0) is 6.61 Å². The third kappa shape index (κ3) is 3.82. The monoisotopic (exact) mass is 317 g/mol. The molecule has 3 nitrogen and oxygen atoms in total. The Hall–Kier alpha value is -3.07. The molecule has 3 aromatic carbocycles. The second kappa shape index (κ2) is 7.01. The van der Waals surface area contributed by atoms with Crippen molar-refractivity contribution in [1.82, 2.24) is 0 Å². The molecule has 0 fully saturated rings. The molecule has 1 amide bonds. The minimum atomic E-state index is -0.426. The fourth-order valence-electron chi connectivity index (χ4n) is 2.59. The summed E-state index contributed by atoms with van der Waals surface area (Å²) in [6.07, 6.45) is 0. The molecule has 120 valence electrons. The van der Waals surface area contributed by atoms with Crippen molar-refractivity contribution >= 4 is 5.91 Å². The van der Waals surface area contributed by atoms with E-state index in [1.54, 1.807) is 12.1 Å². The predicted molar refractivity (Wildman–Crippen MR) is 95.9 cm³/mol. The molecule has 3 aromatic rings. The van der Waals surface area contributed by atoms with Crippen LogP contribution in [0.25, 0.3) is 11.1 Å². The average Bonchev–Trinajstić information content (AvgIpc) is 2.60. The Balaban J connectivity index is 1.86. The standard InChI is InChI=1S/C21H19NO2/c1-15-10-19(17-8-5-9-18(12-17)21(22)23)13-20(11-15)24-14-16-6-3-2-4-7-16/h2-13H,14H2,1H3,(H2,22,23). The van der Waals surface area contributed by atoms with Crippen molar-refractivity contribution in [3.63, 3.8) is 0 Å². The summed E-state index contributed by atoms with van der Waals surface area (Å²) < 4.78 is 5.92. The summed E-state index contributed by atoms with van der Waals surface area (Å²) in [5, 5.41) is 0. The molecule has 0 aliphatic rings. The number of hydrogen-bond donors (Lipinski definition) is 1. The van der Waals surface area contributed by atoms with Gasteiger partial charge >= 0.3 is 0 Å². The number of amides is 1. The molecule has 0 bridgehead atoms. The summed E-state index contributed by atoms with van der Waals surface area (Å²) in [7, 11) is 0. The highest BCUT2D eigenvalue weighted by atomic mass is 16.5. The Labute approximate surface area is 141 Å². The van der Waals surface area contributed by atoms with Crippen molar-refractivity contribution in [2.75, 3.05) is 0 Å². The van der Waals surface area contributed by atoms with Gasteiger partial charge < -0.3 is 10.5 Å². The minimum absolute atomic E-state index is 0.426. The molecule has 0 aliphatic carbocycles. The number of benzene rings is 3. The molecule has 3 heteroatoms. The summed E-state index contributed by atoms with van der Waals surface area (Å²) in [5.41, 5.74) is 10.0. The third-order valence-electron chi connectivity index (χ3n) is 3.78. The van der Waals surface area contributed by atoms with Crippen molar-refractivity contribution in [2.24, 2.45) is 5.73 Å². The molecule has 0 saturated carbocycles. The molecule has 0 aromatic heterocycles. The van der Waals surface area contributed by atoms with Gasteiger partial charge in [-0.15, -0.1) is 0 Å². The minimum Gasteiger partial charge on any atom is -0.489 e. The van der Waals surface area contributed by atoms with E-state index >= 15 is 0 Å². The van der Waals surface area contributed by atoms with Gasteiger partial charge in [0.05, 0.1) is 0 Å². The lowest BCUT2D eigenvalue weighted by Crippen LogP contribution is -2.10. The normalized spacial score (nSPS) is 10.4. The van der Waals surface area contributed by atoms with Gasteiger partial charge in [-0.1, -0.05) is 48.5 Å². The van der Waals surface area contributed by atoms with Crippen LogP contribution >= 0.6 is 0 Å². The Morgan fingerprint density at radius 3 is 2.46 bits per heavy atom. The highest BCUT2D eigenvalue weighted by Gasteiger charge is 2.06. The number of aryl methyl sites for hydroxylation is 1. The SMILES string of the molecule is Cc1cc(OCc2ccccc2)cc(-c2cccc(C(N)=O)c2)c1. The Bertz CT molecular complexity index is 857. The van der Waals surface area contributed by atoms with Gasteiger partial charge in [-0.05, 0) is 53.4 Å². The van der Waals surface area contributed by atoms with Crippen LogP contribution in [0, 0.1) is 6.92 Å². The summed E-state index contributed by atoms with van der Waals surface area (Å²) in [4.78, 5) is 11.4. The first-order valence-corrected chi connectivity index (χ1v) is 7.80.